The summed E-state index contributed by atoms with van der Waals surface area (Å²) in [7, 11) is 2.07. The van der Waals surface area contributed by atoms with E-state index < -0.39 is 5.97 Å². The van der Waals surface area contributed by atoms with Crippen molar-refractivity contribution in [3.05, 3.63) is 23.5 Å². The number of carbonyl (C=O) groups is 1. The Kier molecular flexibility index (Phi) is 3.28. The first-order chi connectivity index (χ1) is 8.08. The van der Waals surface area contributed by atoms with Gasteiger partial charge < -0.3 is 14.9 Å². The van der Waals surface area contributed by atoms with E-state index in [0.717, 1.165) is 37.6 Å². The quantitative estimate of drug-likeness (QED) is 0.823. The molecule has 0 aromatic carbocycles. The van der Waals surface area contributed by atoms with Crippen LogP contribution in [0.3, 0.4) is 0 Å². The highest BCUT2D eigenvalue weighted by molar-refractivity contribution is 5.92. The highest BCUT2D eigenvalue weighted by Crippen LogP contribution is 2.20. The summed E-state index contributed by atoms with van der Waals surface area (Å²) in [6, 6.07) is 3.72. The van der Waals surface area contributed by atoms with Crippen LogP contribution in [0.2, 0.25) is 0 Å². The van der Waals surface area contributed by atoms with Crippen molar-refractivity contribution in [2.24, 2.45) is 0 Å². The number of aromatic nitrogens is 1. The normalized spacial score (nSPS) is 17.2. The smallest absolute Gasteiger partial charge is 0.356 e. The molecule has 1 aliphatic heterocycles. The van der Waals surface area contributed by atoms with Crippen LogP contribution >= 0.6 is 0 Å². The third-order valence-electron chi connectivity index (χ3n) is 3.06. The van der Waals surface area contributed by atoms with E-state index in [1.165, 1.54) is 0 Å². The Bertz CT molecular complexity index is 426. The average molecular weight is 235 g/mol. The van der Waals surface area contributed by atoms with Crippen molar-refractivity contribution in [3.8, 4) is 0 Å². The Morgan fingerprint density at radius 1 is 1.29 bits per heavy atom. The van der Waals surface area contributed by atoms with Gasteiger partial charge in [0.05, 0.1) is 5.69 Å². The van der Waals surface area contributed by atoms with Crippen molar-refractivity contribution in [2.45, 2.75) is 6.92 Å². The Morgan fingerprint density at radius 2 is 1.94 bits per heavy atom. The van der Waals surface area contributed by atoms with Gasteiger partial charge in [0.2, 0.25) is 0 Å². The summed E-state index contributed by atoms with van der Waals surface area (Å²) in [6.07, 6.45) is 0. The third-order valence-corrected chi connectivity index (χ3v) is 3.06. The van der Waals surface area contributed by atoms with Gasteiger partial charge in [-0.2, -0.15) is 0 Å². The first-order valence-electron chi connectivity index (χ1n) is 5.72. The van der Waals surface area contributed by atoms with Crippen LogP contribution in [0.25, 0.3) is 0 Å². The Balaban J connectivity index is 2.28. The number of carboxylic acid groups (broad SMARTS) is 1. The predicted octanol–water partition coefficient (Wildman–Crippen LogP) is 0.840. The van der Waals surface area contributed by atoms with E-state index in [9.17, 15) is 9.90 Å². The van der Waals surface area contributed by atoms with E-state index in [-0.39, 0.29) is 5.69 Å². The predicted molar refractivity (Wildman–Crippen MR) is 65.6 cm³/mol. The number of pyridine rings is 1. The van der Waals surface area contributed by atoms with Gasteiger partial charge in [-0.15, -0.1) is 0 Å². The van der Waals surface area contributed by atoms with Crippen LogP contribution in [-0.4, -0.2) is 54.2 Å². The van der Waals surface area contributed by atoms with E-state index >= 15 is 0 Å². The lowest BCUT2D eigenvalue weighted by molar-refractivity contribution is 0.0691. The van der Waals surface area contributed by atoms with Crippen LogP contribution in [0, 0.1) is 6.92 Å². The zero-order valence-electron chi connectivity index (χ0n) is 10.2. The molecule has 5 heteroatoms. The number of hydrogen-bond donors (Lipinski definition) is 1. The van der Waals surface area contributed by atoms with Gasteiger partial charge in [0, 0.05) is 31.9 Å². The first-order valence-corrected chi connectivity index (χ1v) is 5.72. The highest BCUT2D eigenvalue weighted by atomic mass is 16.4. The van der Waals surface area contributed by atoms with Crippen molar-refractivity contribution in [1.82, 2.24) is 9.88 Å². The van der Waals surface area contributed by atoms with Gasteiger partial charge in [-0.3, -0.25) is 0 Å². The molecule has 0 atom stereocenters. The number of hydrogen-bond acceptors (Lipinski definition) is 4. The van der Waals surface area contributed by atoms with E-state index in [1.807, 2.05) is 12.1 Å². The molecule has 1 aromatic heterocycles. The van der Waals surface area contributed by atoms with Crippen molar-refractivity contribution in [3.63, 3.8) is 0 Å². The summed E-state index contributed by atoms with van der Waals surface area (Å²) in [4.78, 5) is 19.6. The number of anilines is 1. The van der Waals surface area contributed by atoms with Crippen molar-refractivity contribution >= 4 is 11.7 Å². The van der Waals surface area contributed by atoms with Gasteiger partial charge in [0.1, 0.15) is 0 Å². The first kappa shape index (κ1) is 11.9. The van der Waals surface area contributed by atoms with Gasteiger partial charge in [-0.25, -0.2) is 9.78 Å². The van der Waals surface area contributed by atoms with E-state index in [1.54, 1.807) is 6.92 Å². The van der Waals surface area contributed by atoms with Crippen molar-refractivity contribution in [1.29, 1.82) is 0 Å². The highest BCUT2D eigenvalue weighted by Gasteiger charge is 2.20. The number of likely N-dealkylation sites (N-methyl/N-ethyl adjacent to an activating group) is 1. The molecule has 17 heavy (non-hydrogen) atoms. The van der Waals surface area contributed by atoms with Crippen LogP contribution in [-0.2, 0) is 0 Å². The molecule has 0 aliphatic carbocycles. The van der Waals surface area contributed by atoms with Gasteiger partial charge in [0.15, 0.2) is 5.69 Å². The maximum Gasteiger partial charge on any atom is 0.356 e. The monoisotopic (exact) mass is 235 g/mol. The maximum absolute atomic E-state index is 11.2. The van der Waals surface area contributed by atoms with E-state index in [2.05, 4.69) is 21.8 Å². The van der Waals surface area contributed by atoms with E-state index in [0.29, 0.717) is 0 Å². The standard InChI is InChI=1S/C12H17N3O2/c1-9-3-4-10(11(13-9)12(16)17)15-7-5-14(2)6-8-15/h3-4H,5-8H2,1-2H3,(H,16,17). The maximum atomic E-state index is 11.2. The fraction of sp³-hybridized carbons (Fsp3) is 0.500. The van der Waals surface area contributed by atoms with Crippen molar-refractivity contribution in [2.75, 3.05) is 38.1 Å². The summed E-state index contributed by atoms with van der Waals surface area (Å²) in [5, 5.41) is 9.17. The average Bonchev–Trinajstić information content (AvgIpc) is 2.30. The number of aryl methyl sites for hydroxylation is 1. The molecule has 0 radical (unpaired) electrons. The number of nitrogens with zero attached hydrogens (tertiary/aromatic N) is 3. The summed E-state index contributed by atoms with van der Waals surface area (Å²) in [5.74, 6) is -0.956. The second-order valence-corrected chi connectivity index (χ2v) is 4.42. The molecule has 0 spiro atoms. The molecule has 0 saturated carbocycles. The lowest BCUT2D eigenvalue weighted by Gasteiger charge is -2.34. The lowest BCUT2D eigenvalue weighted by atomic mass is 10.2. The van der Waals surface area contributed by atoms with Gasteiger partial charge >= 0.3 is 5.97 Å². The Labute approximate surface area is 101 Å². The molecule has 1 N–H and O–H groups in total. The zero-order chi connectivity index (χ0) is 12.4. The largest absolute Gasteiger partial charge is 0.476 e. The Hall–Kier alpha value is -1.62. The molecule has 0 bridgehead atoms. The summed E-state index contributed by atoms with van der Waals surface area (Å²) in [6.45, 7) is 5.41. The molecule has 92 valence electrons. The fourth-order valence-corrected chi connectivity index (χ4v) is 2.01. The summed E-state index contributed by atoms with van der Waals surface area (Å²) >= 11 is 0. The molecule has 1 aliphatic rings. The van der Waals surface area contributed by atoms with Gasteiger partial charge in [0.25, 0.3) is 0 Å². The molecule has 5 nitrogen and oxygen atoms in total. The van der Waals surface area contributed by atoms with Gasteiger partial charge in [-0.05, 0) is 26.1 Å². The minimum absolute atomic E-state index is 0.162. The molecular weight excluding hydrogens is 218 g/mol. The third kappa shape index (κ3) is 2.55. The topological polar surface area (TPSA) is 56.7 Å². The zero-order valence-corrected chi connectivity index (χ0v) is 10.2. The minimum Gasteiger partial charge on any atom is -0.476 e. The molecule has 0 amide bonds. The number of aromatic carboxylic acids is 1. The van der Waals surface area contributed by atoms with Crippen LogP contribution in [0.5, 0.6) is 0 Å². The lowest BCUT2D eigenvalue weighted by Crippen LogP contribution is -2.45. The molecule has 2 rings (SSSR count). The SMILES string of the molecule is Cc1ccc(N2CCN(C)CC2)c(C(=O)O)n1. The van der Waals surface area contributed by atoms with E-state index in [4.69, 9.17) is 0 Å². The van der Waals surface area contributed by atoms with Crippen LogP contribution < -0.4 is 4.90 Å². The summed E-state index contributed by atoms with van der Waals surface area (Å²) < 4.78 is 0. The molecular formula is C12H17N3O2. The Morgan fingerprint density at radius 3 is 2.53 bits per heavy atom. The number of piperazine rings is 1. The second-order valence-electron chi connectivity index (χ2n) is 4.42. The molecule has 0 unspecified atom stereocenters. The fourth-order valence-electron chi connectivity index (χ4n) is 2.01. The van der Waals surface area contributed by atoms with Crippen LogP contribution in [0.15, 0.2) is 12.1 Å². The van der Waals surface area contributed by atoms with Crippen LogP contribution in [0.4, 0.5) is 5.69 Å². The number of carboxylic acids is 1. The number of rotatable bonds is 2. The van der Waals surface area contributed by atoms with Gasteiger partial charge in [-0.1, -0.05) is 0 Å². The molecule has 2 heterocycles. The van der Waals surface area contributed by atoms with Crippen molar-refractivity contribution < 1.29 is 9.90 Å². The molecule has 1 fully saturated rings. The molecule has 1 aromatic rings. The second kappa shape index (κ2) is 4.71. The minimum atomic E-state index is -0.956. The van der Waals surface area contributed by atoms with Crippen LogP contribution in [0.1, 0.15) is 16.2 Å². The summed E-state index contributed by atoms with van der Waals surface area (Å²) in [5.41, 5.74) is 1.63. The molecule has 1 saturated heterocycles.